The standard InChI is InChI=1S/C20H22N2O3/c1-13(14-5-8-16(24-3)9-6-14)22(2)20(23)19-11-15-7-10-17(25-4)12-18(15)21-19/h5-13,21H,1-4H3/t13-/m0/s1. The number of H-pyrrole nitrogens is 1. The van der Waals surface area contributed by atoms with E-state index in [9.17, 15) is 4.79 Å². The Kier molecular flexibility index (Phi) is 4.65. The molecule has 0 spiro atoms. The molecule has 130 valence electrons. The van der Waals surface area contributed by atoms with Crippen LogP contribution in [0, 0.1) is 0 Å². The van der Waals surface area contributed by atoms with Crippen LogP contribution in [0.15, 0.2) is 48.5 Å². The Hall–Kier alpha value is -2.95. The molecule has 0 unspecified atom stereocenters. The number of nitrogens with one attached hydrogen (secondary N) is 1. The van der Waals surface area contributed by atoms with Gasteiger partial charge in [-0.25, -0.2) is 0 Å². The minimum absolute atomic E-state index is 0.0562. The van der Waals surface area contributed by atoms with Crippen molar-refractivity contribution in [2.24, 2.45) is 0 Å². The highest BCUT2D eigenvalue weighted by atomic mass is 16.5. The predicted molar refractivity (Wildman–Crippen MR) is 98.4 cm³/mol. The third-order valence-corrected chi connectivity index (χ3v) is 4.56. The third-order valence-electron chi connectivity index (χ3n) is 4.56. The number of amides is 1. The van der Waals surface area contributed by atoms with Gasteiger partial charge < -0.3 is 19.4 Å². The lowest BCUT2D eigenvalue weighted by Crippen LogP contribution is -2.29. The number of hydrogen-bond acceptors (Lipinski definition) is 3. The van der Waals surface area contributed by atoms with Crippen molar-refractivity contribution in [3.8, 4) is 11.5 Å². The Balaban J connectivity index is 1.83. The van der Waals surface area contributed by atoms with Gasteiger partial charge in [0.1, 0.15) is 17.2 Å². The molecule has 1 N–H and O–H groups in total. The number of carbonyl (C=O) groups is 1. The number of aromatic nitrogens is 1. The number of benzene rings is 2. The van der Waals surface area contributed by atoms with Crippen LogP contribution in [0.1, 0.15) is 29.0 Å². The lowest BCUT2D eigenvalue weighted by atomic mass is 10.1. The molecule has 25 heavy (non-hydrogen) atoms. The molecule has 1 heterocycles. The van der Waals surface area contributed by atoms with Crippen molar-refractivity contribution >= 4 is 16.8 Å². The fraction of sp³-hybridized carbons (Fsp3) is 0.250. The summed E-state index contributed by atoms with van der Waals surface area (Å²) in [4.78, 5) is 17.8. The summed E-state index contributed by atoms with van der Waals surface area (Å²) in [5, 5.41) is 0.981. The zero-order chi connectivity index (χ0) is 18.0. The highest BCUT2D eigenvalue weighted by Crippen LogP contribution is 2.25. The van der Waals surface area contributed by atoms with Gasteiger partial charge in [-0.1, -0.05) is 12.1 Å². The first-order valence-corrected chi connectivity index (χ1v) is 8.11. The summed E-state index contributed by atoms with van der Waals surface area (Å²) in [5.41, 5.74) is 2.49. The molecule has 1 aromatic heterocycles. The largest absolute Gasteiger partial charge is 0.497 e. The lowest BCUT2D eigenvalue weighted by Gasteiger charge is -2.25. The molecule has 0 fully saturated rings. The van der Waals surface area contributed by atoms with E-state index in [2.05, 4.69) is 4.98 Å². The number of hydrogen-bond donors (Lipinski definition) is 1. The molecular weight excluding hydrogens is 316 g/mol. The van der Waals surface area contributed by atoms with Crippen LogP contribution >= 0.6 is 0 Å². The second-order valence-electron chi connectivity index (χ2n) is 6.00. The number of methoxy groups -OCH3 is 2. The number of aromatic amines is 1. The molecule has 1 atom stereocenters. The molecule has 0 aliphatic rings. The van der Waals surface area contributed by atoms with E-state index in [-0.39, 0.29) is 11.9 Å². The van der Waals surface area contributed by atoms with Gasteiger partial charge in [-0.05, 0) is 42.8 Å². The van der Waals surface area contributed by atoms with Crippen LogP contribution in [0.2, 0.25) is 0 Å². The molecule has 1 amide bonds. The highest BCUT2D eigenvalue weighted by Gasteiger charge is 2.20. The van der Waals surface area contributed by atoms with Crippen LogP contribution < -0.4 is 9.47 Å². The van der Waals surface area contributed by atoms with Crippen molar-refractivity contribution in [1.29, 1.82) is 0 Å². The minimum Gasteiger partial charge on any atom is -0.497 e. The molecule has 0 aliphatic heterocycles. The zero-order valence-electron chi connectivity index (χ0n) is 14.9. The van der Waals surface area contributed by atoms with E-state index < -0.39 is 0 Å². The smallest absolute Gasteiger partial charge is 0.270 e. The molecule has 2 aromatic carbocycles. The van der Waals surface area contributed by atoms with E-state index in [1.54, 1.807) is 19.1 Å². The summed E-state index contributed by atoms with van der Waals surface area (Å²) in [5.74, 6) is 1.50. The van der Waals surface area contributed by atoms with Crippen molar-refractivity contribution in [1.82, 2.24) is 9.88 Å². The SMILES string of the molecule is COc1ccc([C@H](C)N(C)C(=O)c2cc3ccc(OC)cc3[nH]2)cc1. The number of rotatable bonds is 5. The molecule has 5 nitrogen and oxygen atoms in total. The maximum Gasteiger partial charge on any atom is 0.270 e. The van der Waals surface area contributed by atoms with Gasteiger partial charge in [-0.2, -0.15) is 0 Å². The Morgan fingerprint density at radius 3 is 2.28 bits per heavy atom. The van der Waals surface area contributed by atoms with Crippen LogP contribution in [0.3, 0.4) is 0 Å². The van der Waals surface area contributed by atoms with E-state index in [1.165, 1.54) is 0 Å². The van der Waals surface area contributed by atoms with Crippen LogP contribution in [0.5, 0.6) is 11.5 Å². The normalized spacial score (nSPS) is 12.0. The summed E-state index contributed by atoms with van der Waals surface area (Å²) in [6.07, 6.45) is 0. The number of fused-ring (bicyclic) bond motifs is 1. The van der Waals surface area contributed by atoms with Gasteiger partial charge in [-0.15, -0.1) is 0 Å². The fourth-order valence-electron chi connectivity index (χ4n) is 2.82. The van der Waals surface area contributed by atoms with Crippen molar-refractivity contribution in [2.75, 3.05) is 21.3 Å². The maximum absolute atomic E-state index is 12.8. The van der Waals surface area contributed by atoms with E-state index in [1.807, 2.05) is 62.5 Å². The molecule has 0 saturated heterocycles. The van der Waals surface area contributed by atoms with E-state index in [0.29, 0.717) is 5.69 Å². The van der Waals surface area contributed by atoms with Gasteiger partial charge in [0, 0.05) is 24.0 Å². The van der Waals surface area contributed by atoms with Gasteiger partial charge in [0.25, 0.3) is 5.91 Å². The summed E-state index contributed by atoms with van der Waals surface area (Å²) in [6, 6.07) is 15.3. The number of ether oxygens (including phenoxy) is 2. The quantitative estimate of drug-likeness (QED) is 0.764. The summed E-state index contributed by atoms with van der Waals surface area (Å²) >= 11 is 0. The van der Waals surface area contributed by atoms with E-state index in [0.717, 1.165) is 28.0 Å². The van der Waals surface area contributed by atoms with Gasteiger partial charge in [0.05, 0.1) is 20.3 Å². The highest BCUT2D eigenvalue weighted by molar-refractivity contribution is 5.98. The number of carbonyl (C=O) groups excluding carboxylic acids is 1. The molecular formula is C20H22N2O3. The first-order chi connectivity index (χ1) is 12.0. The van der Waals surface area contributed by atoms with Crippen molar-refractivity contribution in [2.45, 2.75) is 13.0 Å². The van der Waals surface area contributed by atoms with Gasteiger partial charge in [-0.3, -0.25) is 4.79 Å². The zero-order valence-corrected chi connectivity index (χ0v) is 14.9. The van der Waals surface area contributed by atoms with Crippen LogP contribution in [-0.2, 0) is 0 Å². The summed E-state index contributed by atoms with van der Waals surface area (Å²) in [6.45, 7) is 2.01. The van der Waals surface area contributed by atoms with Crippen molar-refractivity contribution in [3.63, 3.8) is 0 Å². The molecule has 0 saturated carbocycles. The molecule has 0 bridgehead atoms. The Bertz CT molecular complexity index is 884. The molecule has 0 aliphatic carbocycles. The van der Waals surface area contributed by atoms with E-state index in [4.69, 9.17) is 9.47 Å². The first kappa shape index (κ1) is 16.9. The minimum atomic E-state index is -0.0570. The summed E-state index contributed by atoms with van der Waals surface area (Å²) in [7, 11) is 5.07. The van der Waals surface area contributed by atoms with Crippen LogP contribution in [0.25, 0.3) is 10.9 Å². The Morgan fingerprint density at radius 2 is 1.64 bits per heavy atom. The first-order valence-electron chi connectivity index (χ1n) is 8.11. The lowest BCUT2D eigenvalue weighted by molar-refractivity contribution is 0.0737. The summed E-state index contributed by atoms with van der Waals surface area (Å²) < 4.78 is 10.4. The second kappa shape index (κ2) is 6.89. The van der Waals surface area contributed by atoms with Crippen LogP contribution in [-0.4, -0.2) is 37.1 Å². The monoisotopic (exact) mass is 338 g/mol. The fourth-order valence-corrected chi connectivity index (χ4v) is 2.82. The number of nitrogens with zero attached hydrogens (tertiary/aromatic N) is 1. The van der Waals surface area contributed by atoms with Gasteiger partial charge in [0.15, 0.2) is 0 Å². The van der Waals surface area contributed by atoms with Gasteiger partial charge >= 0.3 is 0 Å². The van der Waals surface area contributed by atoms with Crippen LogP contribution in [0.4, 0.5) is 0 Å². The molecule has 5 heteroatoms. The Morgan fingerprint density at radius 1 is 1.00 bits per heavy atom. The average molecular weight is 338 g/mol. The molecule has 3 aromatic rings. The maximum atomic E-state index is 12.8. The average Bonchev–Trinajstić information content (AvgIpc) is 3.09. The van der Waals surface area contributed by atoms with E-state index >= 15 is 0 Å². The van der Waals surface area contributed by atoms with Crippen molar-refractivity contribution in [3.05, 3.63) is 59.8 Å². The molecule has 3 rings (SSSR count). The van der Waals surface area contributed by atoms with Gasteiger partial charge in [0.2, 0.25) is 0 Å². The molecule has 0 radical (unpaired) electrons. The van der Waals surface area contributed by atoms with Crippen molar-refractivity contribution < 1.29 is 14.3 Å². The topological polar surface area (TPSA) is 54.6 Å². The predicted octanol–water partition coefficient (Wildman–Crippen LogP) is 4.02. The second-order valence-corrected chi connectivity index (χ2v) is 6.00. The third kappa shape index (κ3) is 3.31. The Labute approximate surface area is 147 Å².